The molecule has 1 heteroatoms. The molecule has 0 radical (unpaired) electrons. The summed E-state index contributed by atoms with van der Waals surface area (Å²) in [4.78, 5) is 0. The summed E-state index contributed by atoms with van der Waals surface area (Å²) in [6.45, 7) is 7.63. The van der Waals surface area contributed by atoms with E-state index in [1.165, 1.54) is 19.3 Å². The molecule has 1 aliphatic rings. The molecular formula is C10H20O. The first-order chi connectivity index (χ1) is 5.24. The van der Waals surface area contributed by atoms with Crippen molar-refractivity contribution >= 4 is 0 Å². The van der Waals surface area contributed by atoms with Gasteiger partial charge in [0.05, 0.1) is 6.10 Å². The maximum Gasteiger partial charge on any atom is 0.0575 e. The summed E-state index contributed by atoms with van der Waals surface area (Å²) >= 11 is 0. The second kappa shape index (κ2) is 4.10. The van der Waals surface area contributed by atoms with Gasteiger partial charge in [-0.1, -0.05) is 20.3 Å². The SMILES string of the molecule is CCC(C)COC(C)C1CC1. The molecule has 2 atom stereocenters. The van der Waals surface area contributed by atoms with Gasteiger partial charge in [0.15, 0.2) is 0 Å². The van der Waals surface area contributed by atoms with Gasteiger partial charge in [0.25, 0.3) is 0 Å². The zero-order valence-corrected chi connectivity index (χ0v) is 7.97. The highest BCUT2D eigenvalue weighted by molar-refractivity contribution is 4.79. The van der Waals surface area contributed by atoms with Crippen LogP contribution in [-0.2, 0) is 4.74 Å². The summed E-state index contributed by atoms with van der Waals surface area (Å²) in [5.74, 6) is 1.62. The van der Waals surface area contributed by atoms with Crippen LogP contribution in [-0.4, -0.2) is 12.7 Å². The summed E-state index contributed by atoms with van der Waals surface area (Å²) < 4.78 is 5.72. The summed E-state index contributed by atoms with van der Waals surface area (Å²) in [7, 11) is 0. The molecule has 1 aliphatic carbocycles. The maximum atomic E-state index is 5.72. The predicted octanol–water partition coefficient (Wildman–Crippen LogP) is 2.85. The van der Waals surface area contributed by atoms with Crippen molar-refractivity contribution in [3.63, 3.8) is 0 Å². The van der Waals surface area contributed by atoms with E-state index in [1.807, 2.05) is 0 Å². The second-order valence-corrected chi connectivity index (χ2v) is 3.89. The number of rotatable bonds is 5. The largest absolute Gasteiger partial charge is 0.378 e. The molecule has 1 rings (SSSR count). The van der Waals surface area contributed by atoms with Gasteiger partial charge in [-0.05, 0) is 31.6 Å². The number of hydrogen-bond acceptors (Lipinski definition) is 1. The summed E-state index contributed by atoms with van der Waals surface area (Å²) in [5, 5.41) is 0. The van der Waals surface area contributed by atoms with Crippen LogP contribution < -0.4 is 0 Å². The van der Waals surface area contributed by atoms with Crippen LogP contribution in [0.25, 0.3) is 0 Å². The van der Waals surface area contributed by atoms with Gasteiger partial charge in [0, 0.05) is 6.61 Å². The first-order valence-corrected chi connectivity index (χ1v) is 4.85. The van der Waals surface area contributed by atoms with Gasteiger partial charge in [-0.2, -0.15) is 0 Å². The fraction of sp³-hybridized carbons (Fsp3) is 1.00. The van der Waals surface area contributed by atoms with E-state index in [1.54, 1.807) is 0 Å². The summed E-state index contributed by atoms with van der Waals surface area (Å²) in [6, 6.07) is 0. The predicted molar refractivity (Wildman–Crippen MR) is 47.6 cm³/mol. The van der Waals surface area contributed by atoms with Crippen molar-refractivity contribution in [3.8, 4) is 0 Å². The van der Waals surface area contributed by atoms with E-state index < -0.39 is 0 Å². The summed E-state index contributed by atoms with van der Waals surface area (Å²) in [6.07, 6.45) is 4.53. The van der Waals surface area contributed by atoms with Gasteiger partial charge < -0.3 is 4.74 Å². The van der Waals surface area contributed by atoms with Gasteiger partial charge in [-0.3, -0.25) is 0 Å². The lowest BCUT2D eigenvalue weighted by molar-refractivity contribution is 0.0301. The third-order valence-electron chi connectivity index (χ3n) is 2.63. The third kappa shape index (κ3) is 3.24. The highest BCUT2D eigenvalue weighted by atomic mass is 16.5. The van der Waals surface area contributed by atoms with Gasteiger partial charge in [0.2, 0.25) is 0 Å². The first-order valence-electron chi connectivity index (χ1n) is 4.85. The Balaban J connectivity index is 2.00. The van der Waals surface area contributed by atoms with E-state index in [9.17, 15) is 0 Å². The molecule has 2 unspecified atom stereocenters. The molecule has 0 heterocycles. The molecule has 0 bridgehead atoms. The number of ether oxygens (including phenoxy) is 1. The minimum Gasteiger partial charge on any atom is -0.378 e. The Morgan fingerprint density at radius 2 is 2.00 bits per heavy atom. The average molecular weight is 156 g/mol. The molecule has 0 spiro atoms. The van der Waals surface area contributed by atoms with Crippen molar-refractivity contribution in [2.45, 2.75) is 46.1 Å². The summed E-state index contributed by atoms with van der Waals surface area (Å²) in [5.41, 5.74) is 0. The molecule has 0 aromatic heterocycles. The Labute approximate surface area is 70.1 Å². The van der Waals surface area contributed by atoms with Crippen LogP contribution in [0.3, 0.4) is 0 Å². The molecule has 1 fully saturated rings. The van der Waals surface area contributed by atoms with Crippen LogP contribution in [0.15, 0.2) is 0 Å². The van der Waals surface area contributed by atoms with E-state index >= 15 is 0 Å². The van der Waals surface area contributed by atoms with Crippen LogP contribution in [0.2, 0.25) is 0 Å². The van der Waals surface area contributed by atoms with Crippen molar-refractivity contribution in [1.29, 1.82) is 0 Å². The lowest BCUT2D eigenvalue weighted by Gasteiger charge is -2.14. The Kier molecular flexibility index (Phi) is 3.38. The van der Waals surface area contributed by atoms with E-state index in [0.717, 1.165) is 18.4 Å². The van der Waals surface area contributed by atoms with Crippen LogP contribution in [0.5, 0.6) is 0 Å². The smallest absolute Gasteiger partial charge is 0.0575 e. The molecule has 0 aromatic rings. The van der Waals surface area contributed by atoms with Crippen molar-refractivity contribution in [2.24, 2.45) is 11.8 Å². The number of hydrogen-bond donors (Lipinski definition) is 0. The zero-order valence-electron chi connectivity index (χ0n) is 7.97. The van der Waals surface area contributed by atoms with Crippen LogP contribution in [0.1, 0.15) is 40.0 Å². The Morgan fingerprint density at radius 3 is 2.45 bits per heavy atom. The van der Waals surface area contributed by atoms with E-state index in [-0.39, 0.29) is 0 Å². The van der Waals surface area contributed by atoms with Crippen molar-refractivity contribution in [3.05, 3.63) is 0 Å². The van der Waals surface area contributed by atoms with Gasteiger partial charge in [-0.15, -0.1) is 0 Å². The molecule has 1 nitrogen and oxygen atoms in total. The highest BCUT2D eigenvalue weighted by Crippen LogP contribution is 2.34. The Morgan fingerprint density at radius 1 is 1.36 bits per heavy atom. The van der Waals surface area contributed by atoms with Crippen LogP contribution >= 0.6 is 0 Å². The maximum absolute atomic E-state index is 5.72. The molecular weight excluding hydrogens is 136 g/mol. The standard InChI is InChI=1S/C10H20O/c1-4-8(2)7-11-9(3)10-5-6-10/h8-10H,4-7H2,1-3H3. The second-order valence-electron chi connectivity index (χ2n) is 3.89. The molecule has 11 heavy (non-hydrogen) atoms. The molecule has 1 saturated carbocycles. The Hall–Kier alpha value is -0.0400. The van der Waals surface area contributed by atoms with Gasteiger partial charge >= 0.3 is 0 Å². The molecule has 0 aliphatic heterocycles. The van der Waals surface area contributed by atoms with E-state index in [2.05, 4.69) is 20.8 Å². The molecule has 0 aromatic carbocycles. The van der Waals surface area contributed by atoms with Crippen LogP contribution in [0.4, 0.5) is 0 Å². The minimum atomic E-state index is 0.518. The fourth-order valence-corrected chi connectivity index (χ4v) is 1.14. The average Bonchev–Trinajstić information content (AvgIpc) is 2.81. The first kappa shape index (κ1) is 9.05. The van der Waals surface area contributed by atoms with E-state index in [4.69, 9.17) is 4.74 Å². The lowest BCUT2D eigenvalue weighted by atomic mass is 10.1. The quantitative estimate of drug-likeness (QED) is 0.594. The monoisotopic (exact) mass is 156 g/mol. The zero-order chi connectivity index (χ0) is 8.27. The third-order valence-corrected chi connectivity index (χ3v) is 2.63. The van der Waals surface area contributed by atoms with Crippen molar-refractivity contribution in [2.75, 3.05) is 6.61 Å². The van der Waals surface area contributed by atoms with Crippen LogP contribution in [0, 0.1) is 11.8 Å². The molecule has 0 amide bonds. The normalized spacial score (nSPS) is 23.2. The van der Waals surface area contributed by atoms with Gasteiger partial charge in [0.1, 0.15) is 0 Å². The van der Waals surface area contributed by atoms with E-state index in [0.29, 0.717) is 6.10 Å². The molecule has 66 valence electrons. The minimum absolute atomic E-state index is 0.518. The topological polar surface area (TPSA) is 9.23 Å². The molecule has 0 saturated heterocycles. The molecule has 0 N–H and O–H groups in total. The fourth-order valence-electron chi connectivity index (χ4n) is 1.14. The van der Waals surface area contributed by atoms with Gasteiger partial charge in [-0.25, -0.2) is 0 Å². The highest BCUT2D eigenvalue weighted by Gasteiger charge is 2.28. The lowest BCUT2D eigenvalue weighted by Crippen LogP contribution is -2.15. The van der Waals surface area contributed by atoms with Crippen molar-refractivity contribution < 1.29 is 4.74 Å². The Bertz CT molecular complexity index is 107. The van der Waals surface area contributed by atoms with Crippen molar-refractivity contribution in [1.82, 2.24) is 0 Å².